The summed E-state index contributed by atoms with van der Waals surface area (Å²) in [5.41, 5.74) is 0.258. The Labute approximate surface area is 126 Å². The van der Waals surface area contributed by atoms with Gasteiger partial charge in [0.15, 0.2) is 0 Å². The SMILES string of the molecule is O=C(O)CCC(=O)C1=[C-]CC=C1C(=O)CCC(=O)O.[Fe]. The maximum atomic E-state index is 11.7. The van der Waals surface area contributed by atoms with Gasteiger partial charge in [-0.25, -0.2) is 0 Å². The largest absolute Gasteiger partial charge is 0.481 e. The average Bonchev–Trinajstić information content (AvgIpc) is 2.82. The molecule has 0 heterocycles. The number of allylic oxidation sites excluding steroid dienone is 4. The standard InChI is InChI=1S/C13H13O6.Fe/c14-10(4-6-12(16)17)8-2-1-3-9(8)11(15)5-7-13(18)19;/h2H,1,4-7H2,(H,16,17)(H,18,19);/q-1;. The van der Waals surface area contributed by atoms with Crippen LogP contribution in [0, 0.1) is 6.08 Å². The molecule has 0 spiro atoms. The summed E-state index contributed by atoms with van der Waals surface area (Å²) in [5.74, 6) is -3.05. The van der Waals surface area contributed by atoms with E-state index in [2.05, 4.69) is 6.08 Å². The number of carboxylic acid groups (broad SMARTS) is 2. The summed E-state index contributed by atoms with van der Waals surface area (Å²) in [7, 11) is 0. The first-order valence-corrected chi connectivity index (χ1v) is 5.73. The Balaban J connectivity index is 0.00000361. The molecule has 0 fully saturated rings. The molecule has 0 aromatic heterocycles. The summed E-state index contributed by atoms with van der Waals surface area (Å²) >= 11 is 0. The van der Waals surface area contributed by atoms with Crippen molar-refractivity contribution in [3.05, 3.63) is 23.3 Å². The van der Waals surface area contributed by atoms with Crippen LogP contribution < -0.4 is 0 Å². The summed E-state index contributed by atoms with van der Waals surface area (Å²) in [6.45, 7) is 0. The second-order valence-corrected chi connectivity index (χ2v) is 4.01. The van der Waals surface area contributed by atoms with Gasteiger partial charge in [-0.2, -0.15) is 6.08 Å². The van der Waals surface area contributed by atoms with E-state index in [-0.39, 0.29) is 53.9 Å². The molecule has 6 nitrogen and oxygen atoms in total. The van der Waals surface area contributed by atoms with Gasteiger partial charge in [0.2, 0.25) is 0 Å². The molecule has 0 radical (unpaired) electrons. The number of Topliss-reactive ketones (excluding diaryl/α,β-unsaturated/α-hetero) is 2. The molecule has 0 atom stereocenters. The maximum Gasteiger partial charge on any atom is 0.303 e. The molecular formula is C13H13FeO6-. The van der Waals surface area contributed by atoms with Gasteiger partial charge in [-0.1, -0.05) is 12.0 Å². The van der Waals surface area contributed by atoms with Crippen molar-refractivity contribution in [3.8, 4) is 0 Å². The second-order valence-electron chi connectivity index (χ2n) is 4.01. The molecule has 20 heavy (non-hydrogen) atoms. The van der Waals surface area contributed by atoms with Crippen LogP contribution in [0.1, 0.15) is 32.1 Å². The van der Waals surface area contributed by atoms with Crippen molar-refractivity contribution in [2.75, 3.05) is 0 Å². The van der Waals surface area contributed by atoms with E-state index in [0.717, 1.165) is 0 Å². The zero-order valence-corrected chi connectivity index (χ0v) is 11.6. The molecule has 7 heteroatoms. The van der Waals surface area contributed by atoms with Gasteiger partial charge in [0.1, 0.15) is 5.78 Å². The zero-order valence-electron chi connectivity index (χ0n) is 10.5. The van der Waals surface area contributed by atoms with Gasteiger partial charge in [-0.3, -0.25) is 9.59 Å². The number of aliphatic carboxylic acids is 2. The van der Waals surface area contributed by atoms with E-state index in [4.69, 9.17) is 10.2 Å². The summed E-state index contributed by atoms with van der Waals surface area (Å²) in [5, 5.41) is 17.0. The van der Waals surface area contributed by atoms with Crippen LogP contribution in [0.2, 0.25) is 0 Å². The minimum Gasteiger partial charge on any atom is -0.481 e. The van der Waals surface area contributed by atoms with Crippen molar-refractivity contribution in [1.82, 2.24) is 0 Å². The quantitative estimate of drug-likeness (QED) is 0.508. The van der Waals surface area contributed by atoms with Gasteiger partial charge in [0.25, 0.3) is 0 Å². The van der Waals surface area contributed by atoms with E-state index in [9.17, 15) is 19.2 Å². The molecule has 0 saturated carbocycles. The molecule has 2 N–H and O–H groups in total. The van der Waals surface area contributed by atoms with Crippen LogP contribution in [-0.2, 0) is 36.2 Å². The third-order valence-electron chi connectivity index (χ3n) is 2.57. The fourth-order valence-electron chi connectivity index (χ4n) is 1.66. The van der Waals surface area contributed by atoms with Crippen molar-refractivity contribution in [3.63, 3.8) is 0 Å². The number of carboxylic acids is 2. The Morgan fingerprint density at radius 1 is 0.950 bits per heavy atom. The van der Waals surface area contributed by atoms with Gasteiger partial charge < -0.3 is 19.8 Å². The molecule has 0 saturated heterocycles. The summed E-state index contributed by atoms with van der Waals surface area (Å²) in [4.78, 5) is 44.2. The fourth-order valence-corrected chi connectivity index (χ4v) is 1.66. The fraction of sp³-hybridized carbons (Fsp3) is 0.385. The third-order valence-corrected chi connectivity index (χ3v) is 2.57. The number of hydrogen-bond acceptors (Lipinski definition) is 4. The minimum absolute atomic E-state index is 0. The molecule has 0 aliphatic heterocycles. The molecule has 1 rings (SSSR count). The zero-order chi connectivity index (χ0) is 14.4. The van der Waals surface area contributed by atoms with Gasteiger partial charge in [0, 0.05) is 29.9 Å². The number of ketones is 2. The predicted octanol–water partition coefficient (Wildman–Crippen LogP) is 0.911. The van der Waals surface area contributed by atoms with Crippen molar-refractivity contribution >= 4 is 23.5 Å². The van der Waals surface area contributed by atoms with E-state index < -0.39 is 23.5 Å². The Kier molecular flexibility index (Phi) is 7.72. The van der Waals surface area contributed by atoms with E-state index in [1.54, 1.807) is 0 Å². The molecule has 0 aromatic rings. The molecule has 1 aliphatic carbocycles. The Morgan fingerprint density at radius 3 is 1.95 bits per heavy atom. The molecule has 110 valence electrons. The maximum absolute atomic E-state index is 11.7. The van der Waals surface area contributed by atoms with Crippen molar-refractivity contribution in [2.24, 2.45) is 0 Å². The number of rotatable bonds is 8. The molecule has 1 aliphatic rings. The molecular weight excluding hydrogens is 308 g/mol. The van der Waals surface area contributed by atoms with E-state index >= 15 is 0 Å². The second kappa shape index (κ2) is 8.45. The monoisotopic (exact) mass is 321 g/mol. The predicted molar refractivity (Wildman–Crippen MR) is 63.2 cm³/mol. The molecule has 0 unspecified atom stereocenters. The first-order valence-electron chi connectivity index (χ1n) is 5.73. The van der Waals surface area contributed by atoms with E-state index in [0.29, 0.717) is 6.42 Å². The summed E-state index contributed by atoms with van der Waals surface area (Å²) in [6, 6.07) is 0. The van der Waals surface area contributed by atoms with Crippen molar-refractivity contribution in [1.29, 1.82) is 0 Å². The van der Waals surface area contributed by atoms with Crippen molar-refractivity contribution in [2.45, 2.75) is 32.1 Å². The van der Waals surface area contributed by atoms with Crippen LogP contribution in [0.25, 0.3) is 0 Å². The van der Waals surface area contributed by atoms with Crippen LogP contribution in [0.4, 0.5) is 0 Å². The summed E-state index contributed by atoms with van der Waals surface area (Å²) in [6.07, 6.45) is 3.55. The smallest absolute Gasteiger partial charge is 0.303 e. The van der Waals surface area contributed by atoms with Gasteiger partial charge >= 0.3 is 11.9 Å². The van der Waals surface area contributed by atoms with Gasteiger partial charge in [0.05, 0.1) is 12.2 Å². The first kappa shape index (κ1) is 18.3. The number of carbonyl (C=O) groups excluding carboxylic acids is 2. The van der Waals surface area contributed by atoms with Crippen LogP contribution in [-0.4, -0.2) is 33.7 Å². The first-order chi connectivity index (χ1) is 8.91. The third kappa shape index (κ3) is 5.50. The van der Waals surface area contributed by atoms with Gasteiger partial charge in [-0.15, -0.1) is 11.6 Å². The molecule has 0 amide bonds. The summed E-state index contributed by atoms with van der Waals surface area (Å²) < 4.78 is 0. The van der Waals surface area contributed by atoms with Crippen LogP contribution in [0.3, 0.4) is 0 Å². The van der Waals surface area contributed by atoms with Gasteiger partial charge in [-0.05, 0) is 6.42 Å². The van der Waals surface area contributed by atoms with Crippen LogP contribution in [0.5, 0.6) is 0 Å². The van der Waals surface area contributed by atoms with E-state index in [1.165, 1.54) is 6.08 Å². The molecule has 0 bridgehead atoms. The Hall–Kier alpha value is -1.72. The normalized spacial score (nSPS) is 13.0. The topological polar surface area (TPSA) is 109 Å². The molecule has 0 aromatic carbocycles. The average molecular weight is 321 g/mol. The van der Waals surface area contributed by atoms with Crippen LogP contribution >= 0.6 is 0 Å². The number of hydrogen-bond donors (Lipinski definition) is 2. The minimum atomic E-state index is -1.09. The van der Waals surface area contributed by atoms with E-state index in [1.807, 2.05) is 0 Å². The Morgan fingerprint density at radius 2 is 1.45 bits per heavy atom. The number of carbonyl (C=O) groups is 4. The van der Waals surface area contributed by atoms with Crippen LogP contribution in [0.15, 0.2) is 17.2 Å². The Bertz CT molecular complexity index is 445. The van der Waals surface area contributed by atoms with Crippen molar-refractivity contribution < 1.29 is 46.5 Å².